The summed E-state index contributed by atoms with van der Waals surface area (Å²) in [7, 11) is 0. The molecule has 0 atom stereocenters. The summed E-state index contributed by atoms with van der Waals surface area (Å²) >= 11 is 0. The zero-order valence-corrected chi connectivity index (χ0v) is 10.8. The summed E-state index contributed by atoms with van der Waals surface area (Å²) < 4.78 is 0. The van der Waals surface area contributed by atoms with E-state index < -0.39 is 0 Å². The minimum Gasteiger partial charge on any atom is -0.103 e. The normalized spacial score (nSPS) is 10.7. The Balaban J connectivity index is 2.80. The van der Waals surface area contributed by atoms with E-state index in [9.17, 15) is 0 Å². The molecule has 0 aliphatic rings. The first-order valence-electron chi connectivity index (χ1n) is 6.45. The van der Waals surface area contributed by atoms with Crippen molar-refractivity contribution in [2.24, 2.45) is 0 Å². The van der Waals surface area contributed by atoms with Crippen LogP contribution < -0.4 is 0 Å². The number of hydrogen-bond donors (Lipinski definition) is 0. The topological polar surface area (TPSA) is 0 Å². The molecule has 0 unspecified atom stereocenters. The van der Waals surface area contributed by atoms with Crippen molar-refractivity contribution in [1.29, 1.82) is 0 Å². The molecule has 0 aromatic heterocycles. The SMILES string of the molecule is C=CCc1c(CC)c(CC)cc2ccccc12. The fourth-order valence-electron chi connectivity index (χ4n) is 2.66. The van der Waals surface area contributed by atoms with E-state index in [2.05, 4.69) is 50.8 Å². The summed E-state index contributed by atoms with van der Waals surface area (Å²) in [5.41, 5.74) is 4.48. The van der Waals surface area contributed by atoms with Gasteiger partial charge in [0.25, 0.3) is 0 Å². The average Bonchev–Trinajstić information content (AvgIpc) is 2.38. The molecular formula is C17H20. The number of fused-ring (bicyclic) bond motifs is 1. The molecule has 0 heteroatoms. The highest BCUT2D eigenvalue weighted by Crippen LogP contribution is 2.27. The van der Waals surface area contributed by atoms with Crippen LogP contribution in [0.5, 0.6) is 0 Å². The highest BCUT2D eigenvalue weighted by molar-refractivity contribution is 5.88. The standard InChI is InChI=1S/C17H20/c1-4-9-17-15(6-3)13(5-2)12-14-10-7-8-11-16(14)17/h4,7-8,10-12H,1,5-6,9H2,2-3H3. The maximum Gasteiger partial charge on any atom is -0.00911 e. The quantitative estimate of drug-likeness (QED) is 0.661. The Hall–Kier alpha value is -1.56. The molecule has 0 bridgehead atoms. The minimum absolute atomic E-state index is 0.970. The summed E-state index contributed by atoms with van der Waals surface area (Å²) in [6, 6.07) is 11.0. The van der Waals surface area contributed by atoms with E-state index in [-0.39, 0.29) is 0 Å². The smallest absolute Gasteiger partial charge is 0.00911 e. The van der Waals surface area contributed by atoms with E-state index in [0.717, 1.165) is 19.3 Å². The summed E-state index contributed by atoms with van der Waals surface area (Å²) in [6.07, 6.45) is 5.20. The van der Waals surface area contributed by atoms with Gasteiger partial charge in [-0.05, 0) is 46.7 Å². The number of aryl methyl sites for hydroxylation is 1. The van der Waals surface area contributed by atoms with Crippen LogP contribution in [0, 0.1) is 0 Å². The van der Waals surface area contributed by atoms with Crippen LogP contribution in [0.15, 0.2) is 43.0 Å². The van der Waals surface area contributed by atoms with Gasteiger partial charge in [-0.25, -0.2) is 0 Å². The third-order valence-corrected chi connectivity index (χ3v) is 3.45. The van der Waals surface area contributed by atoms with Gasteiger partial charge in [0.2, 0.25) is 0 Å². The molecule has 0 spiro atoms. The second kappa shape index (κ2) is 5.18. The zero-order chi connectivity index (χ0) is 12.3. The Bertz CT molecular complexity index is 535. The summed E-state index contributed by atoms with van der Waals surface area (Å²) in [4.78, 5) is 0. The highest BCUT2D eigenvalue weighted by atomic mass is 14.1. The molecule has 0 radical (unpaired) electrons. The van der Waals surface area contributed by atoms with Crippen LogP contribution in [0.4, 0.5) is 0 Å². The molecular weight excluding hydrogens is 204 g/mol. The maximum absolute atomic E-state index is 3.89. The predicted molar refractivity (Wildman–Crippen MR) is 76.6 cm³/mol. The van der Waals surface area contributed by atoms with Gasteiger partial charge in [0.1, 0.15) is 0 Å². The van der Waals surface area contributed by atoms with Crippen LogP contribution in [0.2, 0.25) is 0 Å². The number of rotatable bonds is 4. The average molecular weight is 224 g/mol. The van der Waals surface area contributed by atoms with E-state index in [0.29, 0.717) is 0 Å². The van der Waals surface area contributed by atoms with Crippen LogP contribution in [-0.2, 0) is 19.3 Å². The molecule has 2 rings (SSSR count). The third kappa shape index (κ3) is 2.12. The molecule has 2 aromatic carbocycles. The lowest BCUT2D eigenvalue weighted by atomic mass is 9.90. The molecule has 0 aliphatic carbocycles. The van der Waals surface area contributed by atoms with Crippen molar-refractivity contribution in [3.8, 4) is 0 Å². The second-order valence-electron chi connectivity index (χ2n) is 4.41. The predicted octanol–water partition coefficient (Wildman–Crippen LogP) is 4.69. The second-order valence-corrected chi connectivity index (χ2v) is 4.41. The van der Waals surface area contributed by atoms with Crippen molar-refractivity contribution < 1.29 is 0 Å². The molecule has 0 saturated heterocycles. The van der Waals surface area contributed by atoms with Gasteiger partial charge in [-0.3, -0.25) is 0 Å². The first kappa shape index (κ1) is 11.9. The lowest BCUT2D eigenvalue weighted by Gasteiger charge is -2.15. The van der Waals surface area contributed by atoms with Gasteiger partial charge in [0, 0.05) is 0 Å². The molecule has 88 valence electrons. The van der Waals surface area contributed by atoms with E-state index in [4.69, 9.17) is 0 Å². The van der Waals surface area contributed by atoms with Crippen LogP contribution in [-0.4, -0.2) is 0 Å². The van der Waals surface area contributed by atoms with Crippen molar-refractivity contribution in [3.05, 3.63) is 59.7 Å². The van der Waals surface area contributed by atoms with Crippen molar-refractivity contribution in [2.75, 3.05) is 0 Å². The van der Waals surface area contributed by atoms with Gasteiger partial charge in [-0.15, -0.1) is 6.58 Å². The van der Waals surface area contributed by atoms with Gasteiger partial charge in [-0.1, -0.05) is 50.3 Å². The van der Waals surface area contributed by atoms with Crippen LogP contribution in [0.3, 0.4) is 0 Å². The molecule has 0 nitrogen and oxygen atoms in total. The minimum atomic E-state index is 0.970. The summed E-state index contributed by atoms with van der Waals surface area (Å²) in [5, 5.41) is 2.75. The van der Waals surface area contributed by atoms with Gasteiger partial charge in [-0.2, -0.15) is 0 Å². The zero-order valence-electron chi connectivity index (χ0n) is 10.8. The van der Waals surface area contributed by atoms with E-state index in [1.54, 1.807) is 0 Å². The lowest BCUT2D eigenvalue weighted by molar-refractivity contribution is 1.01. The Morgan fingerprint density at radius 2 is 1.82 bits per heavy atom. The molecule has 0 aliphatic heterocycles. The third-order valence-electron chi connectivity index (χ3n) is 3.45. The monoisotopic (exact) mass is 224 g/mol. The van der Waals surface area contributed by atoms with Crippen molar-refractivity contribution in [1.82, 2.24) is 0 Å². The van der Waals surface area contributed by atoms with E-state index in [1.165, 1.54) is 27.5 Å². The first-order valence-corrected chi connectivity index (χ1v) is 6.45. The molecule has 2 aromatic rings. The maximum atomic E-state index is 3.89. The Kier molecular flexibility index (Phi) is 3.63. The Labute approximate surface area is 104 Å². The highest BCUT2D eigenvalue weighted by Gasteiger charge is 2.09. The van der Waals surface area contributed by atoms with Gasteiger partial charge >= 0.3 is 0 Å². The van der Waals surface area contributed by atoms with Crippen molar-refractivity contribution >= 4 is 10.8 Å². The molecule has 0 saturated carbocycles. The van der Waals surface area contributed by atoms with Gasteiger partial charge < -0.3 is 0 Å². The number of allylic oxidation sites excluding steroid dienone is 1. The molecule has 17 heavy (non-hydrogen) atoms. The van der Waals surface area contributed by atoms with Crippen molar-refractivity contribution in [3.63, 3.8) is 0 Å². The van der Waals surface area contributed by atoms with Gasteiger partial charge in [0.15, 0.2) is 0 Å². The molecule has 0 heterocycles. The van der Waals surface area contributed by atoms with Gasteiger partial charge in [0.05, 0.1) is 0 Å². The van der Waals surface area contributed by atoms with Crippen LogP contribution in [0.25, 0.3) is 10.8 Å². The number of hydrogen-bond acceptors (Lipinski definition) is 0. The Morgan fingerprint density at radius 3 is 2.47 bits per heavy atom. The summed E-state index contributed by atoms with van der Waals surface area (Å²) in [5.74, 6) is 0. The van der Waals surface area contributed by atoms with Crippen LogP contribution in [0.1, 0.15) is 30.5 Å². The number of benzene rings is 2. The molecule has 0 fully saturated rings. The lowest BCUT2D eigenvalue weighted by Crippen LogP contribution is -1.99. The van der Waals surface area contributed by atoms with Crippen molar-refractivity contribution in [2.45, 2.75) is 33.1 Å². The van der Waals surface area contributed by atoms with E-state index >= 15 is 0 Å². The molecule has 0 N–H and O–H groups in total. The fourth-order valence-corrected chi connectivity index (χ4v) is 2.66. The first-order chi connectivity index (χ1) is 8.31. The van der Waals surface area contributed by atoms with E-state index in [1.807, 2.05) is 6.08 Å². The fraction of sp³-hybridized carbons (Fsp3) is 0.294. The molecule has 0 amide bonds. The largest absolute Gasteiger partial charge is 0.103 e. The van der Waals surface area contributed by atoms with Crippen LogP contribution >= 0.6 is 0 Å². The summed E-state index contributed by atoms with van der Waals surface area (Å²) in [6.45, 7) is 8.38. The Morgan fingerprint density at radius 1 is 1.06 bits per heavy atom.